The van der Waals surface area contributed by atoms with E-state index >= 15 is 0 Å². The molecule has 0 spiro atoms. The van der Waals surface area contributed by atoms with E-state index in [1.165, 1.54) is 22.5 Å². The Balaban J connectivity index is 1.29. The van der Waals surface area contributed by atoms with Gasteiger partial charge in [-0.05, 0) is 24.0 Å². The molecule has 0 aliphatic heterocycles. The molecule has 0 aliphatic carbocycles. The van der Waals surface area contributed by atoms with Gasteiger partial charge in [0.25, 0.3) is 5.91 Å². The first-order valence-corrected chi connectivity index (χ1v) is 12.3. The van der Waals surface area contributed by atoms with E-state index in [2.05, 4.69) is 20.8 Å². The molecular formula is C25H31N7O2S. The predicted octanol–water partition coefficient (Wildman–Crippen LogP) is 2.72. The van der Waals surface area contributed by atoms with Gasteiger partial charge in [0.15, 0.2) is 0 Å². The summed E-state index contributed by atoms with van der Waals surface area (Å²) in [5.41, 5.74) is 7.87. The second-order valence-corrected chi connectivity index (χ2v) is 9.07. The van der Waals surface area contributed by atoms with Crippen LogP contribution < -0.4 is 22.2 Å². The van der Waals surface area contributed by atoms with Crippen LogP contribution in [0.2, 0.25) is 0 Å². The number of hydrazine groups is 1. The van der Waals surface area contributed by atoms with Crippen molar-refractivity contribution in [1.82, 2.24) is 20.5 Å². The second kappa shape index (κ2) is 13.8. The molecular weight excluding hydrogens is 462 g/mol. The van der Waals surface area contributed by atoms with Gasteiger partial charge in [-0.15, -0.1) is 10.2 Å². The molecule has 2 amide bonds. The van der Waals surface area contributed by atoms with Crippen LogP contribution in [0.5, 0.6) is 0 Å². The number of anilines is 1. The van der Waals surface area contributed by atoms with Crippen LogP contribution in [0.4, 0.5) is 5.13 Å². The molecule has 35 heavy (non-hydrogen) atoms. The monoisotopic (exact) mass is 493 g/mol. The van der Waals surface area contributed by atoms with Crippen molar-refractivity contribution in [2.45, 2.75) is 38.6 Å². The van der Waals surface area contributed by atoms with Crippen molar-refractivity contribution >= 4 is 28.3 Å². The summed E-state index contributed by atoms with van der Waals surface area (Å²) in [7, 11) is 0. The lowest BCUT2D eigenvalue weighted by molar-refractivity contribution is -0.118. The zero-order valence-corrected chi connectivity index (χ0v) is 20.3. The van der Waals surface area contributed by atoms with Crippen molar-refractivity contribution in [3.8, 4) is 0 Å². The molecule has 184 valence electrons. The summed E-state index contributed by atoms with van der Waals surface area (Å²) in [6.45, 7) is 0.979. The van der Waals surface area contributed by atoms with E-state index in [0.29, 0.717) is 24.6 Å². The lowest BCUT2D eigenvalue weighted by atomic mass is 10.1. The van der Waals surface area contributed by atoms with Gasteiger partial charge < -0.3 is 21.4 Å². The first-order valence-electron chi connectivity index (χ1n) is 11.5. The Morgan fingerprint density at radius 1 is 0.943 bits per heavy atom. The van der Waals surface area contributed by atoms with Gasteiger partial charge in [0.05, 0.1) is 6.42 Å². The minimum absolute atomic E-state index is 0.0686. The number of rotatable bonds is 13. The van der Waals surface area contributed by atoms with Crippen molar-refractivity contribution in [2.24, 2.45) is 11.6 Å². The molecule has 0 atom stereocenters. The zero-order valence-electron chi connectivity index (χ0n) is 19.5. The van der Waals surface area contributed by atoms with Crippen molar-refractivity contribution in [3.05, 3.63) is 88.7 Å². The normalized spacial score (nSPS) is 11.2. The summed E-state index contributed by atoms with van der Waals surface area (Å²) in [5, 5.41) is 16.6. The number of carbonyl (C=O) groups is 2. The molecule has 0 unspecified atom stereocenters. The Kier molecular flexibility index (Phi) is 10.2. The lowest BCUT2D eigenvalue weighted by Crippen LogP contribution is -2.33. The summed E-state index contributed by atoms with van der Waals surface area (Å²) in [4.78, 5) is 24.3. The van der Waals surface area contributed by atoms with E-state index in [1.54, 1.807) is 0 Å². The lowest BCUT2D eigenvalue weighted by Gasteiger charge is -2.14. The number of carbonyl (C=O) groups excluding carboxylic acids is 2. The van der Waals surface area contributed by atoms with Gasteiger partial charge >= 0.3 is 0 Å². The quantitative estimate of drug-likeness (QED) is 0.124. The highest BCUT2D eigenvalue weighted by Crippen LogP contribution is 2.18. The molecule has 0 aliphatic rings. The minimum atomic E-state index is -0.354. The van der Waals surface area contributed by atoms with Crippen LogP contribution in [0.1, 0.15) is 35.4 Å². The molecule has 2 aromatic carbocycles. The third-order valence-corrected chi connectivity index (χ3v) is 5.99. The Labute approximate surface area is 209 Å². The summed E-state index contributed by atoms with van der Waals surface area (Å²) in [6, 6.07) is 19.2. The maximum Gasteiger partial charge on any atom is 0.268 e. The molecule has 3 rings (SSSR count). The third kappa shape index (κ3) is 9.55. The van der Waals surface area contributed by atoms with Gasteiger partial charge in [0.2, 0.25) is 11.0 Å². The van der Waals surface area contributed by atoms with Crippen LogP contribution in [0.25, 0.3) is 0 Å². The first-order chi connectivity index (χ1) is 17.0. The molecule has 0 radical (unpaired) electrons. The van der Waals surface area contributed by atoms with Crippen LogP contribution in [0, 0.1) is 0 Å². The highest BCUT2D eigenvalue weighted by Gasteiger charge is 2.09. The van der Waals surface area contributed by atoms with Crippen molar-refractivity contribution < 1.29 is 9.59 Å². The topological polar surface area (TPSA) is 139 Å². The van der Waals surface area contributed by atoms with Crippen molar-refractivity contribution in [2.75, 3.05) is 11.9 Å². The number of hydrogen-bond donors (Lipinski definition) is 4. The average Bonchev–Trinajstić information content (AvgIpc) is 3.30. The molecule has 6 N–H and O–H groups in total. The van der Waals surface area contributed by atoms with E-state index < -0.39 is 0 Å². The summed E-state index contributed by atoms with van der Waals surface area (Å²) >= 11 is 1.39. The van der Waals surface area contributed by atoms with E-state index in [-0.39, 0.29) is 17.5 Å². The molecule has 0 saturated heterocycles. The van der Waals surface area contributed by atoms with E-state index in [4.69, 9.17) is 11.6 Å². The van der Waals surface area contributed by atoms with Crippen molar-refractivity contribution in [1.29, 1.82) is 0 Å². The Morgan fingerprint density at radius 2 is 1.63 bits per heavy atom. The fraction of sp³-hybridized carbons (Fsp3) is 0.280. The van der Waals surface area contributed by atoms with E-state index in [9.17, 15) is 9.59 Å². The number of nitrogens with one attached hydrogen (secondary N) is 2. The fourth-order valence-corrected chi connectivity index (χ4v) is 4.08. The Hall–Kier alpha value is -3.76. The average molecular weight is 494 g/mol. The first kappa shape index (κ1) is 25.9. The zero-order chi connectivity index (χ0) is 24.9. The van der Waals surface area contributed by atoms with Crippen LogP contribution in [0.3, 0.4) is 0 Å². The SMILES string of the molecule is N/C(=C\N(N)CCCCCc1nnc(NC(=O)Cc2ccccc2)s1)C(=O)NCc1ccccc1. The van der Waals surface area contributed by atoms with E-state index in [1.807, 2.05) is 60.7 Å². The van der Waals surface area contributed by atoms with E-state index in [0.717, 1.165) is 41.8 Å². The van der Waals surface area contributed by atoms with Crippen molar-refractivity contribution in [3.63, 3.8) is 0 Å². The van der Waals surface area contributed by atoms with Gasteiger partial charge in [-0.25, -0.2) is 5.84 Å². The highest BCUT2D eigenvalue weighted by atomic mass is 32.1. The predicted molar refractivity (Wildman–Crippen MR) is 138 cm³/mol. The number of amides is 2. The standard InChI is InChI=1S/C25H31N7O2S/c26-21(24(34)28-17-20-12-6-2-7-13-20)18-32(27)15-9-3-8-14-23-30-31-25(35-23)29-22(33)16-19-10-4-1-5-11-19/h1-2,4-7,10-13,18H,3,8-9,14-17,26-27H2,(H,28,34)(H,29,31,33)/b21-18-. The highest BCUT2D eigenvalue weighted by molar-refractivity contribution is 7.15. The van der Waals surface area contributed by atoms with Crippen LogP contribution >= 0.6 is 11.3 Å². The summed E-state index contributed by atoms with van der Waals surface area (Å²) < 4.78 is 0. The number of aryl methyl sites for hydroxylation is 1. The van der Waals surface area contributed by atoms with Gasteiger partial charge in [0, 0.05) is 25.7 Å². The molecule has 1 heterocycles. The van der Waals surface area contributed by atoms with Gasteiger partial charge in [-0.3, -0.25) is 9.59 Å². The van der Waals surface area contributed by atoms with Gasteiger partial charge in [-0.2, -0.15) is 0 Å². The molecule has 1 aromatic heterocycles. The third-order valence-electron chi connectivity index (χ3n) is 5.09. The number of nitrogens with zero attached hydrogens (tertiary/aromatic N) is 3. The number of hydrogen-bond acceptors (Lipinski definition) is 8. The number of unbranched alkanes of at least 4 members (excludes halogenated alkanes) is 2. The number of benzene rings is 2. The Morgan fingerprint density at radius 3 is 2.34 bits per heavy atom. The molecule has 9 nitrogen and oxygen atoms in total. The Bertz CT molecular complexity index is 1100. The summed E-state index contributed by atoms with van der Waals surface area (Å²) in [6.07, 6.45) is 5.21. The summed E-state index contributed by atoms with van der Waals surface area (Å²) in [5.74, 6) is 5.49. The van der Waals surface area contributed by atoms with Crippen LogP contribution in [0.15, 0.2) is 72.6 Å². The second-order valence-electron chi connectivity index (χ2n) is 8.01. The maximum absolute atomic E-state index is 12.1. The maximum atomic E-state index is 12.1. The largest absolute Gasteiger partial charge is 0.393 e. The number of nitrogens with two attached hydrogens (primary N) is 2. The van der Waals surface area contributed by atoms with Gasteiger partial charge in [-0.1, -0.05) is 78.4 Å². The van der Waals surface area contributed by atoms with Gasteiger partial charge in [0.1, 0.15) is 10.7 Å². The molecule has 3 aromatic rings. The smallest absolute Gasteiger partial charge is 0.268 e. The molecule has 0 bridgehead atoms. The minimum Gasteiger partial charge on any atom is -0.393 e. The van der Waals surface area contributed by atoms with Crippen LogP contribution in [-0.2, 0) is 29.0 Å². The molecule has 0 saturated carbocycles. The van der Waals surface area contributed by atoms with Crippen LogP contribution in [-0.4, -0.2) is 33.6 Å². The fourth-order valence-electron chi connectivity index (χ4n) is 3.28. The number of aromatic nitrogens is 2. The molecule has 0 fully saturated rings. The molecule has 10 heteroatoms.